The van der Waals surface area contributed by atoms with E-state index >= 15 is 0 Å². The Hall–Kier alpha value is -0.410. The molecule has 3 heteroatoms. The zero-order chi connectivity index (χ0) is 8.72. The van der Waals surface area contributed by atoms with E-state index in [9.17, 15) is 4.39 Å². The molecule has 0 nitrogen and oxygen atoms in total. The molecule has 0 saturated heterocycles. The van der Waals surface area contributed by atoms with Crippen molar-refractivity contribution >= 4 is 37.4 Å². The molecule has 1 heterocycles. The van der Waals surface area contributed by atoms with Crippen LogP contribution >= 0.6 is 27.3 Å². The molecule has 0 aliphatic rings. The minimum atomic E-state index is -0.141. The van der Waals surface area contributed by atoms with E-state index in [4.69, 9.17) is 0 Å². The smallest absolute Gasteiger partial charge is 0.131 e. The van der Waals surface area contributed by atoms with E-state index in [-0.39, 0.29) is 5.82 Å². The lowest BCUT2D eigenvalue weighted by Gasteiger charge is -1.93. The van der Waals surface area contributed by atoms with Crippen LogP contribution in [0.3, 0.4) is 0 Å². The van der Waals surface area contributed by atoms with Gasteiger partial charge in [0.05, 0.1) is 4.70 Å². The van der Waals surface area contributed by atoms with Gasteiger partial charge in [-0.2, -0.15) is 0 Å². The van der Waals surface area contributed by atoms with Crippen molar-refractivity contribution < 1.29 is 4.39 Å². The molecule has 1 aromatic heterocycles. The summed E-state index contributed by atoms with van der Waals surface area (Å²) in [4.78, 5) is 1.14. The second-order valence-electron chi connectivity index (χ2n) is 2.63. The first-order valence-electron chi connectivity index (χ1n) is 3.52. The van der Waals surface area contributed by atoms with Crippen molar-refractivity contribution in [1.29, 1.82) is 0 Å². The second kappa shape index (κ2) is 2.82. The van der Waals surface area contributed by atoms with Crippen LogP contribution in [0.2, 0.25) is 0 Å². The largest absolute Gasteiger partial charge is 0.206 e. The maximum Gasteiger partial charge on any atom is 0.131 e. The van der Waals surface area contributed by atoms with Gasteiger partial charge in [-0.3, -0.25) is 0 Å². The molecule has 0 bridgehead atoms. The van der Waals surface area contributed by atoms with Gasteiger partial charge in [-0.05, 0) is 41.1 Å². The Morgan fingerprint density at radius 3 is 2.83 bits per heavy atom. The fraction of sp³-hybridized carbons (Fsp3) is 0.111. The van der Waals surface area contributed by atoms with Crippen molar-refractivity contribution in [2.24, 2.45) is 0 Å². The standard InChI is InChI=1S/C9H6BrFS/c1-5-4-6-8(11)3-2-7(10)9(6)12-5/h2-4H,1H3. The third-order valence-corrected chi connectivity index (χ3v) is 3.71. The Morgan fingerprint density at radius 1 is 1.42 bits per heavy atom. The molecule has 0 aliphatic carbocycles. The first-order valence-corrected chi connectivity index (χ1v) is 5.13. The van der Waals surface area contributed by atoms with E-state index in [0.717, 1.165) is 14.0 Å². The highest BCUT2D eigenvalue weighted by Gasteiger charge is 2.06. The van der Waals surface area contributed by atoms with Crippen LogP contribution in [0.5, 0.6) is 0 Å². The first-order chi connectivity index (χ1) is 5.68. The van der Waals surface area contributed by atoms with Crippen LogP contribution in [0.15, 0.2) is 22.7 Å². The van der Waals surface area contributed by atoms with E-state index in [2.05, 4.69) is 15.9 Å². The van der Waals surface area contributed by atoms with E-state index in [1.807, 2.05) is 13.0 Å². The average molecular weight is 245 g/mol. The van der Waals surface area contributed by atoms with E-state index in [1.54, 1.807) is 17.4 Å². The predicted octanol–water partition coefficient (Wildman–Crippen LogP) is 4.11. The number of aryl methyl sites for hydroxylation is 1. The number of thiophene rings is 1. The van der Waals surface area contributed by atoms with Gasteiger partial charge in [0.15, 0.2) is 0 Å². The Balaban J connectivity index is 2.93. The number of hydrogen-bond donors (Lipinski definition) is 0. The van der Waals surface area contributed by atoms with Crippen molar-refractivity contribution in [3.63, 3.8) is 0 Å². The highest BCUT2D eigenvalue weighted by atomic mass is 79.9. The summed E-state index contributed by atoms with van der Waals surface area (Å²) in [6, 6.07) is 5.10. The van der Waals surface area contributed by atoms with Crippen LogP contribution in [0.25, 0.3) is 10.1 Å². The zero-order valence-electron chi connectivity index (χ0n) is 6.40. The minimum absolute atomic E-state index is 0.141. The van der Waals surface area contributed by atoms with Crippen molar-refractivity contribution in [3.05, 3.63) is 33.4 Å². The van der Waals surface area contributed by atoms with Gasteiger partial charge in [0.25, 0.3) is 0 Å². The number of halogens is 2. The molecule has 0 saturated carbocycles. The molecule has 62 valence electrons. The summed E-state index contributed by atoms with van der Waals surface area (Å²) in [5.74, 6) is -0.141. The highest BCUT2D eigenvalue weighted by molar-refractivity contribution is 9.10. The highest BCUT2D eigenvalue weighted by Crippen LogP contribution is 2.33. The van der Waals surface area contributed by atoms with E-state index in [1.165, 1.54) is 6.07 Å². The van der Waals surface area contributed by atoms with Gasteiger partial charge in [0.2, 0.25) is 0 Å². The maximum atomic E-state index is 13.2. The molecule has 0 atom stereocenters. The SMILES string of the molecule is Cc1cc2c(F)ccc(Br)c2s1. The van der Waals surface area contributed by atoms with Gasteiger partial charge in [-0.1, -0.05) is 0 Å². The lowest BCUT2D eigenvalue weighted by molar-refractivity contribution is 0.640. The molecule has 0 radical (unpaired) electrons. The Bertz CT molecular complexity index is 394. The molecule has 2 aromatic rings. The number of benzene rings is 1. The van der Waals surface area contributed by atoms with E-state index < -0.39 is 0 Å². The van der Waals surface area contributed by atoms with Gasteiger partial charge in [0, 0.05) is 14.7 Å². The summed E-state index contributed by atoms with van der Waals surface area (Å²) >= 11 is 4.99. The van der Waals surface area contributed by atoms with Crippen molar-refractivity contribution in [1.82, 2.24) is 0 Å². The van der Waals surface area contributed by atoms with Crippen LogP contribution in [-0.2, 0) is 0 Å². The van der Waals surface area contributed by atoms with Crippen molar-refractivity contribution in [3.8, 4) is 0 Å². The first kappa shape index (κ1) is 8.20. The zero-order valence-corrected chi connectivity index (χ0v) is 8.80. The normalized spacial score (nSPS) is 10.9. The van der Waals surface area contributed by atoms with Gasteiger partial charge in [-0.15, -0.1) is 11.3 Å². The molecule has 12 heavy (non-hydrogen) atoms. The molecule has 0 aliphatic heterocycles. The summed E-state index contributed by atoms with van der Waals surface area (Å²) in [6.07, 6.45) is 0. The average Bonchev–Trinajstić information content (AvgIpc) is 2.41. The van der Waals surface area contributed by atoms with Crippen LogP contribution in [-0.4, -0.2) is 0 Å². The Morgan fingerprint density at radius 2 is 2.17 bits per heavy atom. The van der Waals surface area contributed by atoms with Gasteiger partial charge < -0.3 is 0 Å². The summed E-state index contributed by atoms with van der Waals surface area (Å²) < 4.78 is 15.1. The van der Waals surface area contributed by atoms with Crippen LogP contribution in [0.1, 0.15) is 4.88 Å². The third kappa shape index (κ3) is 1.17. The summed E-state index contributed by atoms with van der Waals surface area (Å²) in [5, 5.41) is 0.715. The molecule has 2 rings (SSSR count). The lowest BCUT2D eigenvalue weighted by Crippen LogP contribution is -1.73. The summed E-state index contributed by atoms with van der Waals surface area (Å²) in [6.45, 7) is 1.98. The third-order valence-electron chi connectivity index (χ3n) is 1.71. The number of hydrogen-bond acceptors (Lipinski definition) is 1. The molecular formula is C9H6BrFS. The lowest BCUT2D eigenvalue weighted by atomic mass is 10.2. The van der Waals surface area contributed by atoms with Crippen molar-refractivity contribution in [2.45, 2.75) is 6.92 Å². The fourth-order valence-corrected chi connectivity index (χ4v) is 2.70. The van der Waals surface area contributed by atoms with Gasteiger partial charge >= 0.3 is 0 Å². The Labute approximate surface area is 82.2 Å². The molecule has 0 N–H and O–H groups in total. The predicted molar refractivity (Wildman–Crippen MR) is 54.2 cm³/mol. The topological polar surface area (TPSA) is 0 Å². The van der Waals surface area contributed by atoms with Crippen LogP contribution < -0.4 is 0 Å². The van der Waals surface area contributed by atoms with Gasteiger partial charge in [-0.25, -0.2) is 4.39 Å². The molecule has 0 spiro atoms. The van der Waals surface area contributed by atoms with Crippen LogP contribution in [0, 0.1) is 12.7 Å². The fourth-order valence-electron chi connectivity index (χ4n) is 1.18. The molecule has 1 aromatic carbocycles. The second-order valence-corrected chi connectivity index (χ2v) is 4.74. The van der Waals surface area contributed by atoms with E-state index in [0.29, 0.717) is 5.39 Å². The quantitative estimate of drug-likeness (QED) is 0.655. The van der Waals surface area contributed by atoms with Crippen LogP contribution in [0.4, 0.5) is 4.39 Å². The number of fused-ring (bicyclic) bond motifs is 1. The monoisotopic (exact) mass is 244 g/mol. The number of rotatable bonds is 0. The minimum Gasteiger partial charge on any atom is -0.206 e. The molecular weight excluding hydrogens is 239 g/mol. The maximum absolute atomic E-state index is 13.2. The van der Waals surface area contributed by atoms with Gasteiger partial charge in [0.1, 0.15) is 5.82 Å². The Kier molecular flexibility index (Phi) is 1.93. The summed E-state index contributed by atoms with van der Waals surface area (Å²) in [5.41, 5.74) is 0. The molecule has 0 fully saturated rings. The molecule has 0 unspecified atom stereocenters. The van der Waals surface area contributed by atoms with Crippen molar-refractivity contribution in [2.75, 3.05) is 0 Å². The molecule has 0 amide bonds. The summed E-state index contributed by atoms with van der Waals surface area (Å²) in [7, 11) is 0.